The van der Waals surface area contributed by atoms with Crippen molar-refractivity contribution in [3.8, 4) is 0 Å². The van der Waals surface area contributed by atoms with Crippen LogP contribution in [0.2, 0.25) is 0 Å². The number of piperazine rings is 1. The molecule has 156 valence electrons. The van der Waals surface area contributed by atoms with Gasteiger partial charge in [-0.1, -0.05) is 0 Å². The summed E-state index contributed by atoms with van der Waals surface area (Å²) >= 11 is 0. The zero-order valence-corrected chi connectivity index (χ0v) is 18.1. The lowest BCUT2D eigenvalue weighted by atomic mass is 10.1. The summed E-state index contributed by atoms with van der Waals surface area (Å²) in [5.41, 5.74) is -1.78. The standard InChI is InChI=1S/C19H35N3O5/c1-17(2,3)20-14(23)13-12-21(15(24)26-18(4,5)6)10-11-22(13)16(25)27-19(7,8)9/h13H,10-12H2,1-9H3,(H,20,23)/t13-/m0/s1. The van der Waals surface area contributed by atoms with Crippen LogP contribution in [0.5, 0.6) is 0 Å². The van der Waals surface area contributed by atoms with E-state index in [1.165, 1.54) is 9.80 Å². The van der Waals surface area contributed by atoms with Gasteiger partial charge in [0, 0.05) is 18.6 Å². The maximum atomic E-state index is 12.8. The molecule has 0 aromatic carbocycles. The van der Waals surface area contributed by atoms with Gasteiger partial charge in [0.2, 0.25) is 5.91 Å². The van der Waals surface area contributed by atoms with Crippen LogP contribution in [0, 0.1) is 0 Å². The number of amides is 3. The summed E-state index contributed by atoms with van der Waals surface area (Å²) in [5.74, 6) is -0.332. The van der Waals surface area contributed by atoms with Crippen molar-refractivity contribution in [1.29, 1.82) is 0 Å². The molecule has 1 fully saturated rings. The molecule has 0 radical (unpaired) electrons. The third-order valence-corrected chi connectivity index (χ3v) is 3.46. The molecule has 1 aliphatic heterocycles. The molecule has 1 rings (SSSR count). The van der Waals surface area contributed by atoms with Crippen LogP contribution in [-0.2, 0) is 14.3 Å². The van der Waals surface area contributed by atoms with E-state index in [-0.39, 0.29) is 25.5 Å². The van der Waals surface area contributed by atoms with Crippen LogP contribution >= 0.6 is 0 Å². The fourth-order valence-electron chi connectivity index (χ4n) is 2.49. The van der Waals surface area contributed by atoms with Crippen molar-refractivity contribution >= 4 is 18.1 Å². The molecule has 8 nitrogen and oxygen atoms in total. The minimum atomic E-state index is -0.847. The van der Waals surface area contributed by atoms with E-state index in [1.54, 1.807) is 41.5 Å². The predicted molar refractivity (Wildman–Crippen MR) is 102 cm³/mol. The van der Waals surface area contributed by atoms with Crippen LogP contribution in [0.3, 0.4) is 0 Å². The van der Waals surface area contributed by atoms with Gasteiger partial charge in [-0.2, -0.15) is 0 Å². The van der Waals surface area contributed by atoms with Crippen molar-refractivity contribution in [2.45, 2.75) is 85.1 Å². The third-order valence-electron chi connectivity index (χ3n) is 3.46. The molecule has 0 aromatic rings. The average molecular weight is 386 g/mol. The molecule has 0 aromatic heterocycles. The first-order valence-electron chi connectivity index (χ1n) is 9.28. The van der Waals surface area contributed by atoms with Crippen LogP contribution in [0.4, 0.5) is 9.59 Å². The number of nitrogens with zero attached hydrogens (tertiary/aromatic N) is 2. The Morgan fingerprint density at radius 3 is 1.74 bits per heavy atom. The number of ether oxygens (including phenoxy) is 2. The van der Waals surface area contributed by atoms with Gasteiger partial charge in [0.05, 0.1) is 6.54 Å². The molecule has 1 N–H and O–H groups in total. The first kappa shape index (κ1) is 23.0. The second-order valence-electron chi connectivity index (χ2n) is 9.86. The number of rotatable bonds is 1. The average Bonchev–Trinajstić information content (AvgIpc) is 2.41. The number of hydrogen-bond acceptors (Lipinski definition) is 5. The minimum absolute atomic E-state index is 0.0517. The summed E-state index contributed by atoms with van der Waals surface area (Å²) in [5, 5.41) is 2.88. The van der Waals surface area contributed by atoms with Crippen LogP contribution < -0.4 is 5.32 Å². The highest BCUT2D eigenvalue weighted by atomic mass is 16.6. The molecule has 3 amide bonds. The molecule has 0 saturated carbocycles. The SMILES string of the molecule is CC(C)(C)NC(=O)[C@@H]1CN(C(=O)OC(C)(C)C)CCN1C(=O)OC(C)(C)C. The predicted octanol–water partition coefficient (Wildman–Crippen LogP) is 2.76. The van der Waals surface area contributed by atoms with Gasteiger partial charge in [0.15, 0.2) is 0 Å². The normalized spacial score (nSPS) is 18.8. The Hall–Kier alpha value is -1.99. The van der Waals surface area contributed by atoms with E-state index in [4.69, 9.17) is 9.47 Å². The summed E-state index contributed by atoms with van der Waals surface area (Å²) in [6.07, 6.45) is -1.07. The van der Waals surface area contributed by atoms with Crippen molar-refractivity contribution in [3.63, 3.8) is 0 Å². The zero-order valence-electron chi connectivity index (χ0n) is 18.1. The molecule has 0 aliphatic carbocycles. The molecular formula is C19H35N3O5. The van der Waals surface area contributed by atoms with Crippen LogP contribution in [0.25, 0.3) is 0 Å². The number of carbonyl (C=O) groups is 3. The van der Waals surface area contributed by atoms with E-state index in [0.717, 1.165) is 0 Å². The highest BCUT2D eigenvalue weighted by Gasteiger charge is 2.40. The monoisotopic (exact) mass is 385 g/mol. The largest absolute Gasteiger partial charge is 0.444 e. The highest BCUT2D eigenvalue weighted by Crippen LogP contribution is 2.19. The Morgan fingerprint density at radius 1 is 0.815 bits per heavy atom. The van der Waals surface area contributed by atoms with Gasteiger partial charge >= 0.3 is 12.2 Å². The fourth-order valence-corrected chi connectivity index (χ4v) is 2.49. The molecule has 8 heteroatoms. The first-order chi connectivity index (χ1) is 12.0. The van der Waals surface area contributed by atoms with Gasteiger partial charge < -0.3 is 19.7 Å². The summed E-state index contributed by atoms with van der Waals surface area (Å²) in [4.78, 5) is 40.6. The van der Waals surface area contributed by atoms with Gasteiger partial charge in [-0.05, 0) is 62.3 Å². The first-order valence-corrected chi connectivity index (χ1v) is 9.28. The Bertz CT molecular complexity index is 569. The molecule has 1 atom stereocenters. The van der Waals surface area contributed by atoms with E-state index >= 15 is 0 Å². The van der Waals surface area contributed by atoms with Gasteiger partial charge in [-0.15, -0.1) is 0 Å². The van der Waals surface area contributed by atoms with Crippen molar-refractivity contribution in [2.24, 2.45) is 0 Å². The Kier molecular flexibility index (Phi) is 6.78. The van der Waals surface area contributed by atoms with Crippen molar-refractivity contribution < 1.29 is 23.9 Å². The summed E-state index contributed by atoms with van der Waals surface area (Å²) in [6, 6.07) is -0.847. The topological polar surface area (TPSA) is 88.2 Å². The van der Waals surface area contributed by atoms with E-state index in [9.17, 15) is 14.4 Å². The maximum absolute atomic E-state index is 12.8. The minimum Gasteiger partial charge on any atom is -0.444 e. The van der Waals surface area contributed by atoms with Crippen LogP contribution in [-0.4, -0.2) is 70.3 Å². The lowest BCUT2D eigenvalue weighted by Gasteiger charge is -2.41. The Labute approximate surface area is 162 Å². The zero-order chi connectivity index (χ0) is 21.2. The van der Waals surface area contributed by atoms with Crippen LogP contribution in [0.1, 0.15) is 62.3 Å². The summed E-state index contributed by atoms with van der Waals surface area (Å²) < 4.78 is 10.8. The molecule has 0 bridgehead atoms. The van der Waals surface area contributed by atoms with Gasteiger partial charge in [0.25, 0.3) is 0 Å². The molecule has 1 aliphatic rings. The smallest absolute Gasteiger partial charge is 0.411 e. The summed E-state index contributed by atoms with van der Waals surface area (Å²) in [7, 11) is 0. The molecule has 1 saturated heterocycles. The van der Waals surface area contributed by atoms with Gasteiger partial charge in [0.1, 0.15) is 17.2 Å². The Balaban J connectivity index is 3.00. The van der Waals surface area contributed by atoms with E-state index in [0.29, 0.717) is 0 Å². The highest BCUT2D eigenvalue weighted by molar-refractivity contribution is 5.87. The lowest BCUT2D eigenvalue weighted by molar-refractivity contribution is -0.130. The molecule has 0 spiro atoms. The number of carbonyl (C=O) groups excluding carboxylic acids is 3. The Morgan fingerprint density at radius 2 is 1.30 bits per heavy atom. The second kappa shape index (κ2) is 7.94. The second-order valence-corrected chi connectivity index (χ2v) is 9.86. The molecule has 0 unspecified atom stereocenters. The summed E-state index contributed by atoms with van der Waals surface area (Å²) in [6.45, 7) is 16.7. The van der Waals surface area contributed by atoms with Crippen molar-refractivity contribution in [2.75, 3.05) is 19.6 Å². The van der Waals surface area contributed by atoms with Crippen molar-refractivity contribution in [3.05, 3.63) is 0 Å². The van der Waals surface area contributed by atoms with E-state index < -0.39 is 35.0 Å². The van der Waals surface area contributed by atoms with Crippen LogP contribution in [0.15, 0.2) is 0 Å². The molecule has 27 heavy (non-hydrogen) atoms. The molecule has 1 heterocycles. The lowest BCUT2D eigenvalue weighted by Crippen LogP contribution is -2.63. The van der Waals surface area contributed by atoms with Crippen molar-refractivity contribution in [1.82, 2.24) is 15.1 Å². The maximum Gasteiger partial charge on any atom is 0.411 e. The number of nitrogens with one attached hydrogen (secondary N) is 1. The van der Waals surface area contributed by atoms with E-state index in [1.807, 2.05) is 20.8 Å². The quantitative estimate of drug-likeness (QED) is 0.750. The van der Waals surface area contributed by atoms with Gasteiger partial charge in [-0.3, -0.25) is 9.69 Å². The van der Waals surface area contributed by atoms with E-state index in [2.05, 4.69) is 5.32 Å². The fraction of sp³-hybridized carbons (Fsp3) is 0.842. The number of hydrogen-bond donors (Lipinski definition) is 1. The molecular weight excluding hydrogens is 350 g/mol. The third kappa shape index (κ3) is 8.05. The van der Waals surface area contributed by atoms with Gasteiger partial charge in [-0.25, -0.2) is 9.59 Å².